The van der Waals surface area contributed by atoms with Crippen LogP contribution in [-0.4, -0.2) is 22.9 Å². The summed E-state index contributed by atoms with van der Waals surface area (Å²) in [6.07, 6.45) is 5.03. The minimum atomic E-state index is -0.209. The Kier molecular flexibility index (Phi) is 5.66. The molecule has 1 aromatic heterocycles. The number of benzene rings is 1. The predicted octanol–water partition coefficient (Wildman–Crippen LogP) is 3.86. The zero-order valence-corrected chi connectivity index (χ0v) is 14.1. The third-order valence-corrected chi connectivity index (χ3v) is 4.62. The first kappa shape index (κ1) is 16.6. The second kappa shape index (κ2) is 7.49. The van der Waals surface area contributed by atoms with Gasteiger partial charge in [0.05, 0.1) is 18.8 Å². The Bertz CT molecular complexity index is 608. The van der Waals surface area contributed by atoms with Crippen molar-refractivity contribution in [1.29, 1.82) is 0 Å². The average Bonchev–Trinajstić information content (AvgIpc) is 3.01. The molecule has 0 spiro atoms. The molecule has 0 bridgehead atoms. The van der Waals surface area contributed by atoms with Gasteiger partial charge in [0.1, 0.15) is 0 Å². The maximum atomic E-state index is 11.3. The fourth-order valence-electron chi connectivity index (χ4n) is 2.08. The molecule has 4 nitrogen and oxygen atoms in total. The number of carbonyl (C=O) groups is 1. The van der Waals surface area contributed by atoms with Crippen molar-refractivity contribution in [2.24, 2.45) is 0 Å². The lowest BCUT2D eigenvalue weighted by atomic mass is 9.99. The van der Waals surface area contributed by atoms with Crippen LogP contribution in [0.2, 0.25) is 0 Å². The molecule has 1 aromatic carbocycles. The van der Waals surface area contributed by atoms with Crippen LogP contribution in [0.4, 0.5) is 0 Å². The van der Waals surface area contributed by atoms with Crippen LogP contribution in [0.5, 0.6) is 0 Å². The molecule has 2 rings (SSSR count). The van der Waals surface area contributed by atoms with Gasteiger partial charge in [-0.15, -0.1) is 11.8 Å². The lowest BCUT2D eigenvalue weighted by molar-refractivity contribution is -0.141. The summed E-state index contributed by atoms with van der Waals surface area (Å²) in [5.41, 5.74) is 1.09. The van der Waals surface area contributed by atoms with Crippen LogP contribution >= 0.6 is 11.8 Å². The number of hydrogen-bond donors (Lipinski definition) is 0. The van der Waals surface area contributed by atoms with Crippen molar-refractivity contribution in [2.45, 2.75) is 42.9 Å². The van der Waals surface area contributed by atoms with Crippen LogP contribution < -0.4 is 0 Å². The number of carbonyl (C=O) groups excluding carboxylic acids is 1. The molecule has 118 valence electrons. The summed E-state index contributed by atoms with van der Waals surface area (Å²) in [6.45, 7) is 4.16. The number of nitrogens with zero attached hydrogens (tertiary/aromatic N) is 2. The van der Waals surface area contributed by atoms with E-state index < -0.39 is 0 Å². The number of esters is 1. The molecule has 0 aliphatic carbocycles. The van der Waals surface area contributed by atoms with Gasteiger partial charge in [-0.05, 0) is 25.8 Å². The standard InChI is InChI=1S/C17H22N2O2S/c1-17(2,10-9-16(20)21-3)19-12-15(11-18-19)22-13-14-7-5-4-6-8-14/h4-8,11-12H,9-10,13H2,1-3H3. The Morgan fingerprint density at radius 3 is 2.73 bits per heavy atom. The van der Waals surface area contributed by atoms with Gasteiger partial charge in [0.25, 0.3) is 0 Å². The molecule has 0 amide bonds. The first-order valence-electron chi connectivity index (χ1n) is 7.30. The van der Waals surface area contributed by atoms with E-state index in [-0.39, 0.29) is 11.5 Å². The number of ether oxygens (including phenoxy) is 1. The maximum Gasteiger partial charge on any atom is 0.305 e. The van der Waals surface area contributed by atoms with Gasteiger partial charge in [-0.25, -0.2) is 0 Å². The van der Waals surface area contributed by atoms with Gasteiger partial charge < -0.3 is 4.74 Å². The summed E-state index contributed by atoms with van der Waals surface area (Å²) < 4.78 is 6.64. The van der Waals surface area contributed by atoms with Crippen molar-refractivity contribution >= 4 is 17.7 Å². The molecule has 0 fully saturated rings. The van der Waals surface area contributed by atoms with E-state index in [1.54, 1.807) is 11.8 Å². The highest BCUT2D eigenvalue weighted by Crippen LogP contribution is 2.26. The molecule has 0 radical (unpaired) electrons. The van der Waals surface area contributed by atoms with E-state index in [2.05, 4.69) is 43.2 Å². The second-order valence-electron chi connectivity index (χ2n) is 5.78. The van der Waals surface area contributed by atoms with E-state index in [1.807, 2.05) is 23.1 Å². The van der Waals surface area contributed by atoms with Crippen molar-refractivity contribution < 1.29 is 9.53 Å². The van der Waals surface area contributed by atoms with Crippen LogP contribution in [0.1, 0.15) is 32.3 Å². The first-order valence-corrected chi connectivity index (χ1v) is 8.28. The van der Waals surface area contributed by atoms with Gasteiger partial charge in [0.2, 0.25) is 0 Å². The van der Waals surface area contributed by atoms with E-state index >= 15 is 0 Å². The Morgan fingerprint density at radius 2 is 2.05 bits per heavy atom. The molecule has 0 aliphatic rings. The Morgan fingerprint density at radius 1 is 1.32 bits per heavy atom. The lowest BCUT2D eigenvalue weighted by Crippen LogP contribution is -2.27. The van der Waals surface area contributed by atoms with Gasteiger partial charge in [0.15, 0.2) is 0 Å². The molecule has 0 atom stereocenters. The van der Waals surface area contributed by atoms with Crippen molar-refractivity contribution in [2.75, 3.05) is 7.11 Å². The summed E-state index contributed by atoms with van der Waals surface area (Å²) in [5.74, 6) is 0.744. The molecule has 1 heterocycles. The van der Waals surface area contributed by atoms with Crippen LogP contribution in [-0.2, 0) is 20.8 Å². The molecule has 0 saturated carbocycles. The number of thioether (sulfide) groups is 1. The second-order valence-corrected chi connectivity index (χ2v) is 6.83. The summed E-state index contributed by atoms with van der Waals surface area (Å²) in [4.78, 5) is 12.4. The highest BCUT2D eigenvalue weighted by molar-refractivity contribution is 7.98. The van der Waals surface area contributed by atoms with Crippen LogP contribution in [0, 0.1) is 0 Å². The topological polar surface area (TPSA) is 44.1 Å². The minimum Gasteiger partial charge on any atom is -0.469 e. The molecule has 22 heavy (non-hydrogen) atoms. The normalized spacial score (nSPS) is 11.4. The van der Waals surface area contributed by atoms with Gasteiger partial charge >= 0.3 is 5.97 Å². The van der Waals surface area contributed by atoms with Crippen LogP contribution in [0.3, 0.4) is 0 Å². The van der Waals surface area contributed by atoms with E-state index in [9.17, 15) is 4.79 Å². The fraction of sp³-hybridized carbons (Fsp3) is 0.412. The maximum absolute atomic E-state index is 11.3. The van der Waals surface area contributed by atoms with Gasteiger partial charge in [-0.3, -0.25) is 9.48 Å². The monoisotopic (exact) mass is 318 g/mol. The first-order chi connectivity index (χ1) is 10.5. The third kappa shape index (κ3) is 4.63. The van der Waals surface area contributed by atoms with E-state index in [0.29, 0.717) is 12.8 Å². The number of aromatic nitrogens is 2. The van der Waals surface area contributed by atoms with Gasteiger partial charge in [-0.1, -0.05) is 30.3 Å². The summed E-state index contributed by atoms with van der Waals surface area (Å²) in [7, 11) is 1.42. The zero-order valence-electron chi connectivity index (χ0n) is 13.3. The van der Waals surface area contributed by atoms with Crippen LogP contribution in [0.15, 0.2) is 47.6 Å². The number of hydrogen-bond acceptors (Lipinski definition) is 4. The van der Waals surface area contributed by atoms with Crippen molar-refractivity contribution in [3.8, 4) is 0 Å². The fourth-order valence-corrected chi connectivity index (χ4v) is 2.90. The van der Waals surface area contributed by atoms with E-state index in [0.717, 1.165) is 10.6 Å². The molecule has 0 N–H and O–H groups in total. The Labute approximate surface area is 135 Å². The summed E-state index contributed by atoms with van der Waals surface area (Å²) in [6, 6.07) is 10.4. The zero-order chi connectivity index (χ0) is 16.0. The molecule has 5 heteroatoms. The Hall–Kier alpha value is -1.75. The number of rotatable bonds is 7. The van der Waals surface area contributed by atoms with E-state index in [1.165, 1.54) is 12.7 Å². The quantitative estimate of drug-likeness (QED) is 0.574. The summed E-state index contributed by atoms with van der Waals surface area (Å²) in [5, 5.41) is 4.45. The molecule has 0 unspecified atom stereocenters. The highest BCUT2D eigenvalue weighted by atomic mass is 32.2. The Balaban J connectivity index is 1.93. The molecular weight excluding hydrogens is 296 g/mol. The lowest BCUT2D eigenvalue weighted by Gasteiger charge is -2.24. The van der Waals surface area contributed by atoms with Crippen molar-refractivity contribution in [3.63, 3.8) is 0 Å². The smallest absolute Gasteiger partial charge is 0.305 e. The van der Waals surface area contributed by atoms with Crippen molar-refractivity contribution in [3.05, 3.63) is 48.3 Å². The molecule has 2 aromatic rings. The summed E-state index contributed by atoms with van der Waals surface area (Å²) >= 11 is 1.76. The predicted molar refractivity (Wildman–Crippen MR) is 88.8 cm³/mol. The number of methoxy groups -OCH3 is 1. The van der Waals surface area contributed by atoms with Crippen LogP contribution in [0.25, 0.3) is 0 Å². The molecule has 0 saturated heterocycles. The average molecular weight is 318 g/mol. The largest absolute Gasteiger partial charge is 0.469 e. The molecule has 0 aliphatic heterocycles. The molecular formula is C17H22N2O2S. The van der Waals surface area contributed by atoms with Gasteiger partial charge in [0, 0.05) is 23.3 Å². The van der Waals surface area contributed by atoms with Gasteiger partial charge in [-0.2, -0.15) is 5.10 Å². The third-order valence-electron chi connectivity index (χ3n) is 3.60. The van der Waals surface area contributed by atoms with Crippen molar-refractivity contribution in [1.82, 2.24) is 9.78 Å². The highest BCUT2D eigenvalue weighted by Gasteiger charge is 2.22. The SMILES string of the molecule is COC(=O)CCC(C)(C)n1cc(SCc2ccccc2)cn1. The minimum absolute atomic E-state index is 0.182. The van der Waals surface area contributed by atoms with E-state index in [4.69, 9.17) is 4.74 Å².